The first-order valence-electron chi connectivity index (χ1n) is 6.99. The van der Waals surface area contributed by atoms with Crippen molar-refractivity contribution >= 4 is 27.3 Å². The van der Waals surface area contributed by atoms with Crippen molar-refractivity contribution in [2.75, 3.05) is 6.54 Å². The number of amides is 1. The number of rotatable bonds is 5. The van der Waals surface area contributed by atoms with Gasteiger partial charge in [0.05, 0.1) is 11.0 Å². The van der Waals surface area contributed by atoms with Crippen LogP contribution in [0.3, 0.4) is 0 Å². The van der Waals surface area contributed by atoms with Crippen molar-refractivity contribution in [3.8, 4) is 0 Å². The SMILES string of the molecule is CCC(C)C(O)CNC(=O)c1sc2ccccc2c1C. The highest BCUT2D eigenvalue weighted by Gasteiger charge is 2.17. The van der Waals surface area contributed by atoms with Crippen molar-refractivity contribution in [3.63, 3.8) is 0 Å². The van der Waals surface area contributed by atoms with Crippen LogP contribution in [0.25, 0.3) is 10.1 Å². The summed E-state index contributed by atoms with van der Waals surface area (Å²) in [6.07, 6.45) is 0.414. The van der Waals surface area contributed by atoms with E-state index in [4.69, 9.17) is 0 Å². The molecule has 2 aromatic rings. The van der Waals surface area contributed by atoms with Crippen molar-refractivity contribution in [2.45, 2.75) is 33.3 Å². The van der Waals surface area contributed by atoms with Gasteiger partial charge in [0.15, 0.2) is 0 Å². The number of fused-ring (bicyclic) bond motifs is 1. The summed E-state index contributed by atoms with van der Waals surface area (Å²) in [5.41, 5.74) is 1.01. The Morgan fingerprint density at radius 1 is 1.40 bits per heavy atom. The van der Waals surface area contributed by atoms with Crippen LogP contribution in [0.5, 0.6) is 0 Å². The average molecular weight is 291 g/mol. The van der Waals surface area contributed by atoms with Crippen LogP contribution in [-0.2, 0) is 0 Å². The van der Waals surface area contributed by atoms with Gasteiger partial charge in [-0.3, -0.25) is 4.79 Å². The van der Waals surface area contributed by atoms with Crippen molar-refractivity contribution in [1.82, 2.24) is 5.32 Å². The lowest BCUT2D eigenvalue weighted by atomic mass is 10.0. The molecule has 0 aliphatic carbocycles. The zero-order valence-corrected chi connectivity index (χ0v) is 13.0. The Bertz CT molecular complexity index is 606. The maximum atomic E-state index is 12.2. The molecule has 3 nitrogen and oxygen atoms in total. The van der Waals surface area contributed by atoms with E-state index in [0.717, 1.165) is 26.9 Å². The lowest BCUT2D eigenvalue weighted by molar-refractivity contribution is 0.0853. The van der Waals surface area contributed by atoms with Crippen molar-refractivity contribution in [1.29, 1.82) is 0 Å². The number of hydrogen-bond donors (Lipinski definition) is 2. The molecule has 2 unspecified atom stereocenters. The summed E-state index contributed by atoms with van der Waals surface area (Å²) in [6.45, 7) is 6.30. The monoisotopic (exact) mass is 291 g/mol. The Hall–Kier alpha value is -1.39. The molecular formula is C16H21NO2S. The highest BCUT2D eigenvalue weighted by molar-refractivity contribution is 7.21. The van der Waals surface area contributed by atoms with Crippen LogP contribution in [-0.4, -0.2) is 23.7 Å². The topological polar surface area (TPSA) is 49.3 Å². The van der Waals surface area contributed by atoms with Gasteiger partial charge in [0.2, 0.25) is 0 Å². The van der Waals surface area contributed by atoms with Gasteiger partial charge < -0.3 is 10.4 Å². The molecule has 0 aliphatic heterocycles. The highest BCUT2D eigenvalue weighted by Crippen LogP contribution is 2.30. The zero-order chi connectivity index (χ0) is 14.7. The first-order valence-corrected chi connectivity index (χ1v) is 7.80. The molecule has 1 heterocycles. The summed E-state index contributed by atoms with van der Waals surface area (Å²) in [5.74, 6) is 0.102. The molecule has 20 heavy (non-hydrogen) atoms. The summed E-state index contributed by atoms with van der Waals surface area (Å²) in [6, 6.07) is 8.02. The van der Waals surface area contributed by atoms with Crippen LogP contribution in [0.1, 0.15) is 35.5 Å². The standard InChI is InChI=1S/C16H21NO2S/c1-4-10(2)13(18)9-17-16(19)15-11(3)12-7-5-6-8-14(12)20-15/h5-8,10,13,18H,4,9H2,1-3H3,(H,17,19). The first kappa shape index (κ1) is 15.0. The second kappa shape index (κ2) is 6.37. The van der Waals surface area contributed by atoms with Gasteiger partial charge in [-0.2, -0.15) is 0 Å². The van der Waals surface area contributed by atoms with E-state index in [0.29, 0.717) is 6.54 Å². The number of thiophene rings is 1. The molecule has 0 spiro atoms. The fourth-order valence-electron chi connectivity index (χ4n) is 2.14. The van der Waals surface area contributed by atoms with E-state index in [-0.39, 0.29) is 11.8 Å². The maximum Gasteiger partial charge on any atom is 0.261 e. The third kappa shape index (κ3) is 3.02. The normalized spacial score (nSPS) is 14.2. The molecule has 0 saturated carbocycles. The predicted molar refractivity (Wildman–Crippen MR) is 84.4 cm³/mol. The summed E-state index contributed by atoms with van der Waals surface area (Å²) in [5, 5.41) is 13.9. The van der Waals surface area contributed by atoms with Gasteiger partial charge in [0, 0.05) is 11.2 Å². The molecule has 2 atom stereocenters. The summed E-state index contributed by atoms with van der Waals surface area (Å²) in [7, 11) is 0. The fourth-order valence-corrected chi connectivity index (χ4v) is 3.27. The van der Waals surface area contributed by atoms with Crippen molar-refractivity contribution in [3.05, 3.63) is 34.7 Å². The van der Waals surface area contributed by atoms with Crippen LogP contribution >= 0.6 is 11.3 Å². The van der Waals surface area contributed by atoms with E-state index in [1.54, 1.807) is 0 Å². The molecule has 0 aliphatic rings. The van der Waals surface area contributed by atoms with E-state index in [9.17, 15) is 9.90 Å². The average Bonchev–Trinajstić information content (AvgIpc) is 2.81. The summed E-state index contributed by atoms with van der Waals surface area (Å²) < 4.78 is 1.12. The van der Waals surface area contributed by atoms with Crippen LogP contribution in [0, 0.1) is 12.8 Å². The van der Waals surface area contributed by atoms with E-state index in [1.165, 1.54) is 11.3 Å². The maximum absolute atomic E-state index is 12.2. The molecule has 0 bridgehead atoms. The minimum absolute atomic E-state index is 0.0916. The second-order valence-corrected chi connectivity index (χ2v) is 6.27. The van der Waals surface area contributed by atoms with Crippen LogP contribution in [0.15, 0.2) is 24.3 Å². The predicted octanol–water partition coefficient (Wildman–Crippen LogP) is 3.35. The molecule has 2 N–H and O–H groups in total. The second-order valence-electron chi connectivity index (χ2n) is 5.22. The Kier molecular flexibility index (Phi) is 4.78. The number of carbonyl (C=O) groups is 1. The number of carbonyl (C=O) groups excluding carboxylic acids is 1. The Morgan fingerprint density at radius 3 is 2.75 bits per heavy atom. The Balaban J connectivity index is 2.10. The number of aryl methyl sites for hydroxylation is 1. The minimum Gasteiger partial charge on any atom is -0.391 e. The molecule has 108 valence electrons. The third-order valence-electron chi connectivity index (χ3n) is 3.82. The molecule has 2 rings (SSSR count). The summed E-state index contributed by atoms with van der Waals surface area (Å²) >= 11 is 1.50. The minimum atomic E-state index is -0.487. The van der Waals surface area contributed by atoms with Crippen molar-refractivity contribution < 1.29 is 9.90 Å². The molecule has 1 aromatic carbocycles. The molecule has 0 saturated heterocycles. The number of aliphatic hydroxyl groups is 1. The van der Waals surface area contributed by atoms with E-state index >= 15 is 0 Å². The van der Waals surface area contributed by atoms with Crippen LogP contribution in [0.2, 0.25) is 0 Å². The molecular weight excluding hydrogens is 270 g/mol. The van der Waals surface area contributed by atoms with Gasteiger partial charge in [0.1, 0.15) is 0 Å². The van der Waals surface area contributed by atoms with Crippen LogP contribution < -0.4 is 5.32 Å². The highest BCUT2D eigenvalue weighted by atomic mass is 32.1. The summed E-state index contributed by atoms with van der Waals surface area (Å²) in [4.78, 5) is 13.0. The molecule has 4 heteroatoms. The number of aliphatic hydroxyl groups excluding tert-OH is 1. The zero-order valence-electron chi connectivity index (χ0n) is 12.1. The van der Waals surface area contributed by atoms with Crippen molar-refractivity contribution in [2.24, 2.45) is 5.92 Å². The van der Waals surface area contributed by atoms with Gasteiger partial charge in [0.25, 0.3) is 5.91 Å². The number of hydrogen-bond acceptors (Lipinski definition) is 3. The smallest absolute Gasteiger partial charge is 0.261 e. The van der Waals surface area contributed by atoms with Gasteiger partial charge in [-0.05, 0) is 29.9 Å². The number of benzene rings is 1. The van der Waals surface area contributed by atoms with E-state index in [1.807, 2.05) is 45.0 Å². The lowest BCUT2D eigenvalue weighted by Gasteiger charge is -2.17. The Labute approximate surface area is 123 Å². The lowest BCUT2D eigenvalue weighted by Crippen LogP contribution is -2.35. The molecule has 0 fully saturated rings. The third-order valence-corrected chi connectivity index (χ3v) is 5.09. The van der Waals surface area contributed by atoms with Gasteiger partial charge in [-0.15, -0.1) is 11.3 Å². The first-order chi connectivity index (χ1) is 9.54. The van der Waals surface area contributed by atoms with Gasteiger partial charge in [-0.1, -0.05) is 38.5 Å². The Morgan fingerprint density at radius 2 is 2.10 bits per heavy atom. The quantitative estimate of drug-likeness (QED) is 0.887. The molecule has 1 aromatic heterocycles. The molecule has 1 amide bonds. The van der Waals surface area contributed by atoms with E-state index < -0.39 is 6.10 Å². The molecule has 0 radical (unpaired) electrons. The van der Waals surface area contributed by atoms with E-state index in [2.05, 4.69) is 5.32 Å². The fraction of sp³-hybridized carbons (Fsp3) is 0.438. The van der Waals surface area contributed by atoms with Gasteiger partial charge in [-0.25, -0.2) is 0 Å². The van der Waals surface area contributed by atoms with Crippen LogP contribution in [0.4, 0.5) is 0 Å². The van der Waals surface area contributed by atoms with Gasteiger partial charge >= 0.3 is 0 Å². The number of nitrogens with one attached hydrogen (secondary N) is 1. The largest absolute Gasteiger partial charge is 0.391 e.